The monoisotopic (exact) mass is 355 g/mol. The highest BCUT2D eigenvalue weighted by atomic mass is 16.5. The van der Waals surface area contributed by atoms with E-state index in [1.165, 1.54) is 16.3 Å². The molecule has 134 valence electrons. The molecule has 0 spiro atoms. The SMILES string of the molecule is COC(=O)C(C(C)C)n1cc2c(nc(N)n3nc(-c4ccco4)nc23)n1. The maximum absolute atomic E-state index is 12.1. The van der Waals surface area contributed by atoms with Crippen LogP contribution in [0.3, 0.4) is 0 Å². The maximum atomic E-state index is 12.1. The van der Waals surface area contributed by atoms with Crippen LogP contribution >= 0.6 is 0 Å². The van der Waals surface area contributed by atoms with Gasteiger partial charge in [-0.05, 0) is 18.1 Å². The van der Waals surface area contributed by atoms with Crippen molar-refractivity contribution in [2.75, 3.05) is 12.8 Å². The Morgan fingerprint density at radius 2 is 2.12 bits per heavy atom. The first-order valence-electron chi connectivity index (χ1n) is 8.02. The average molecular weight is 355 g/mol. The number of hydrogen-bond acceptors (Lipinski definition) is 8. The number of carbonyl (C=O) groups is 1. The Kier molecular flexibility index (Phi) is 3.60. The van der Waals surface area contributed by atoms with Gasteiger partial charge in [0.2, 0.25) is 11.8 Å². The number of nitrogens with two attached hydrogens (primary N) is 1. The van der Waals surface area contributed by atoms with Crippen LogP contribution in [-0.2, 0) is 9.53 Å². The number of nitrogens with zero attached hydrogens (tertiary/aromatic N) is 6. The molecule has 0 fully saturated rings. The molecule has 2 N–H and O–H groups in total. The van der Waals surface area contributed by atoms with Gasteiger partial charge in [-0.25, -0.2) is 9.78 Å². The van der Waals surface area contributed by atoms with Crippen LogP contribution in [0.5, 0.6) is 0 Å². The largest absolute Gasteiger partial charge is 0.467 e. The molecule has 1 unspecified atom stereocenters. The van der Waals surface area contributed by atoms with Crippen LogP contribution < -0.4 is 5.73 Å². The molecule has 0 saturated carbocycles. The third-order valence-corrected chi connectivity index (χ3v) is 4.10. The summed E-state index contributed by atoms with van der Waals surface area (Å²) in [6.07, 6.45) is 3.25. The summed E-state index contributed by atoms with van der Waals surface area (Å²) in [6, 6.07) is 2.92. The van der Waals surface area contributed by atoms with Gasteiger partial charge in [0.05, 0.1) is 18.8 Å². The van der Waals surface area contributed by atoms with Crippen LogP contribution in [0.25, 0.3) is 28.3 Å². The van der Waals surface area contributed by atoms with Gasteiger partial charge in [-0.2, -0.15) is 14.6 Å². The Morgan fingerprint density at radius 1 is 1.31 bits per heavy atom. The molecule has 0 aliphatic heterocycles. The molecule has 0 aromatic carbocycles. The number of esters is 1. The van der Waals surface area contributed by atoms with E-state index in [2.05, 4.69) is 20.2 Å². The minimum absolute atomic E-state index is 0.0262. The molecule has 0 bridgehead atoms. The molecule has 4 rings (SSSR count). The van der Waals surface area contributed by atoms with Gasteiger partial charge in [-0.3, -0.25) is 4.68 Å². The normalized spacial score (nSPS) is 12.9. The van der Waals surface area contributed by atoms with Crippen LogP contribution in [0.2, 0.25) is 0 Å². The zero-order valence-corrected chi connectivity index (χ0v) is 14.4. The van der Waals surface area contributed by atoms with E-state index in [9.17, 15) is 4.79 Å². The van der Waals surface area contributed by atoms with Crippen molar-refractivity contribution >= 4 is 28.6 Å². The molecule has 0 aliphatic rings. The number of anilines is 1. The lowest BCUT2D eigenvalue weighted by Crippen LogP contribution is -2.26. The van der Waals surface area contributed by atoms with Crippen molar-refractivity contribution in [3.63, 3.8) is 0 Å². The highest BCUT2D eigenvalue weighted by molar-refractivity contribution is 5.90. The first-order valence-corrected chi connectivity index (χ1v) is 8.02. The highest BCUT2D eigenvalue weighted by Gasteiger charge is 2.27. The summed E-state index contributed by atoms with van der Waals surface area (Å²) in [5.41, 5.74) is 6.86. The van der Waals surface area contributed by atoms with E-state index < -0.39 is 6.04 Å². The summed E-state index contributed by atoms with van der Waals surface area (Å²) in [4.78, 5) is 20.9. The molecule has 4 aromatic heterocycles. The number of ether oxygens (including phenoxy) is 1. The van der Waals surface area contributed by atoms with Gasteiger partial charge >= 0.3 is 5.97 Å². The number of aromatic nitrogens is 6. The Balaban J connectivity index is 1.92. The number of fused-ring (bicyclic) bond motifs is 3. The van der Waals surface area contributed by atoms with Crippen molar-refractivity contribution in [2.45, 2.75) is 19.9 Å². The van der Waals surface area contributed by atoms with E-state index in [0.717, 1.165) is 0 Å². The fourth-order valence-electron chi connectivity index (χ4n) is 2.88. The van der Waals surface area contributed by atoms with Crippen molar-refractivity contribution in [2.24, 2.45) is 5.92 Å². The molecule has 4 aromatic rings. The Morgan fingerprint density at radius 3 is 2.77 bits per heavy atom. The number of rotatable bonds is 4. The number of hydrogen-bond donors (Lipinski definition) is 1. The maximum Gasteiger partial charge on any atom is 0.330 e. The zero-order valence-electron chi connectivity index (χ0n) is 14.4. The smallest absolute Gasteiger partial charge is 0.330 e. The molecule has 26 heavy (non-hydrogen) atoms. The number of nitrogen functional groups attached to an aromatic ring is 1. The highest BCUT2D eigenvalue weighted by Crippen LogP contribution is 2.26. The van der Waals surface area contributed by atoms with E-state index >= 15 is 0 Å². The number of furan rings is 1. The molecule has 0 amide bonds. The summed E-state index contributed by atoms with van der Waals surface area (Å²) in [7, 11) is 1.35. The van der Waals surface area contributed by atoms with E-state index in [-0.39, 0.29) is 17.8 Å². The Bertz CT molecular complexity index is 1090. The summed E-state index contributed by atoms with van der Waals surface area (Å²) >= 11 is 0. The Hall–Kier alpha value is -3.43. The van der Waals surface area contributed by atoms with Gasteiger partial charge < -0.3 is 14.9 Å². The molecule has 4 heterocycles. The van der Waals surface area contributed by atoms with E-state index in [1.54, 1.807) is 24.6 Å². The minimum atomic E-state index is -0.581. The van der Waals surface area contributed by atoms with E-state index in [4.69, 9.17) is 14.9 Å². The van der Waals surface area contributed by atoms with Crippen molar-refractivity contribution in [1.29, 1.82) is 0 Å². The van der Waals surface area contributed by atoms with Gasteiger partial charge in [-0.1, -0.05) is 13.8 Å². The third kappa shape index (κ3) is 2.38. The van der Waals surface area contributed by atoms with Crippen molar-refractivity contribution in [3.8, 4) is 11.6 Å². The molecule has 10 heteroatoms. The second kappa shape index (κ2) is 5.83. The summed E-state index contributed by atoms with van der Waals surface area (Å²) in [5.74, 6) is 0.638. The third-order valence-electron chi connectivity index (χ3n) is 4.10. The predicted octanol–water partition coefficient (Wildman–Crippen LogP) is 1.69. The second-order valence-electron chi connectivity index (χ2n) is 6.18. The first kappa shape index (κ1) is 16.1. The van der Waals surface area contributed by atoms with Crippen molar-refractivity contribution in [1.82, 2.24) is 29.4 Å². The molecule has 0 radical (unpaired) electrons. The fraction of sp³-hybridized carbons (Fsp3) is 0.312. The van der Waals surface area contributed by atoms with Crippen molar-refractivity contribution in [3.05, 3.63) is 24.6 Å². The summed E-state index contributed by atoms with van der Waals surface area (Å²) in [6.45, 7) is 3.83. The molecule has 0 aliphatic carbocycles. The van der Waals surface area contributed by atoms with Crippen LogP contribution in [-0.4, -0.2) is 42.4 Å². The van der Waals surface area contributed by atoms with Crippen LogP contribution in [0, 0.1) is 5.92 Å². The van der Waals surface area contributed by atoms with Crippen LogP contribution in [0.15, 0.2) is 29.0 Å². The lowest BCUT2D eigenvalue weighted by Gasteiger charge is -2.18. The summed E-state index contributed by atoms with van der Waals surface area (Å²) < 4.78 is 13.2. The van der Waals surface area contributed by atoms with Crippen LogP contribution in [0.4, 0.5) is 5.95 Å². The molecule has 10 nitrogen and oxygen atoms in total. The fourth-order valence-corrected chi connectivity index (χ4v) is 2.88. The van der Waals surface area contributed by atoms with Gasteiger partial charge in [0.15, 0.2) is 23.1 Å². The van der Waals surface area contributed by atoms with E-state index in [1.807, 2.05) is 13.8 Å². The average Bonchev–Trinajstić information content (AvgIpc) is 3.32. The van der Waals surface area contributed by atoms with E-state index in [0.29, 0.717) is 28.3 Å². The van der Waals surface area contributed by atoms with Gasteiger partial charge in [-0.15, -0.1) is 5.10 Å². The standard InChI is InChI=1S/C16H17N7O3/c1-8(2)11(15(24)25-3)22-7-9-12(20-22)19-16(17)23-14(9)18-13(21-23)10-5-4-6-26-10/h4-8,11H,1-3H3,(H2,17,19,20). The van der Waals surface area contributed by atoms with Gasteiger partial charge in [0, 0.05) is 6.20 Å². The van der Waals surface area contributed by atoms with Crippen molar-refractivity contribution < 1.29 is 13.9 Å². The quantitative estimate of drug-likeness (QED) is 0.548. The Labute approximate surface area is 147 Å². The molecular formula is C16H17N7O3. The zero-order chi connectivity index (χ0) is 18.4. The molecular weight excluding hydrogens is 338 g/mol. The lowest BCUT2D eigenvalue weighted by molar-refractivity contribution is -0.146. The first-order chi connectivity index (χ1) is 12.5. The molecule has 0 saturated heterocycles. The predicted molar refractivity (Wildman–Crippen MR) is 92.1 cm³/mol. The minimum Gasteiger partial charge on any atom is -0.467 e. The lowest BCUT2D eigenvalue weighted by atomic mass is 10.1. The topological polar surface area (TPSA) is 126 Å². The van der Waals surface area contributed by atoms with Crippen LogP contribution in [0.1, 0.15) is 19.9 Å². The van der Waals surface area contributed by atoms with Gasteiger partial charge in [0.1, 0.15) is 0 Å². The second-order valence-corrected chi connectivity index (χ2v) is 6.18. The number of methoxy groups -OCH3 is 1. The van der Waals surface area contributed by atoms with Gasteiger partial charge in [0.25, 0.3) is 0 Å². The summed E-state index contributed by atoms with van der Waals surface area (Å²) in [5, 5.41) is 9.37. The number of carbonyl (C=O) groups excluding carboxylic acids is 1. The molecule has 1 atom stereocenters.